The largest absolute Gasteiger partial charge is 0.435 e. The number of nitrogens with zero attached hydrogens (tertiary/aromatic N) is 3. The number of aryl methyl sites for hydroxylation is 2. The molecule has 0 atom stereocenters. The lowest BCUT2D eigenvalue weighted by Crippen LogP contribution is -2.15. The first-order valence-electron chi connectivity index (χ1n) is 5.54. The van der Waals surface area contributed by atoms with Gasteiger partial charge in [0, 0.05) is 0 Å². The first-order valence-corrected chi connectivity index (χ1v) is 5.54. The molecule has 0 saturated carbocycles. The summed E-state index contributed by atoms with van der Waals surface area (Å²) in [7, 11) is 0. The molecule has 1 aromatic heterocycles. The zero-order valence-corrected chi connectivity index (χ0v) is 10.4. The second-order valence-corrected chi connectivity index (χ2v) is 4.30. The number of aliphatic hydroxyl groups excluding tert-OH is 1. The van der Waals surface area contributed by atoms with Crippen LogP contribution in [-0.2, 0) is 12.8 Å². The van der Waals surface area contributed by atoms with Crippen LogP contribution in [0.1, 0.15) is 22.5 Å². The SMILES string of the molecule is Cc1cc(C)cc(-n2nnc(CO)c2C(F)(F)F)c1. The fourth-order valence-corrected chi connectivity index (χ4v) is 1.96. The van der Waals surface area contributed by atoms with Crippen molar-refractivity contribution in [1.82, 2.24) is 15.0 Å². The van der Waals surface area contributed by atoms with Gasteiger partial charge < -0.3 is 5.11 Å². The number of benzene rings is 1. The van der Waals surface area contributed by atoms with E-state index < -0.39 is 24.2 Å². The third-order valence-electron chi connectivity index (χ3n) is 2.61. The molecule has 1 heterocycles. The highest BCUT2D eigenvalue weighted by atomic mass is 19.4. The minimum Gasteiger partial charge on any atom is -0.390 e. The summed E-state index contributed by atoms with van der Waals surface area (Å²) in [6, 6.07) is 5.01. The first-order chi connectivity index (χ1) is 8.82. The normalized spacial score (nSPS) is 11.9. The standard InChI is InChI=1S/C12H12F3N3O/c1-7-3-8(2)5-9(4-7)18-11(12(13,14)15)10(6-19)16-17-18/h3-5,19H,6H2,1-2H3. The van der Waals surface area contributed by atoms with Crippen molar-refractivity contribution in [2.75, 3.05) is 0 Å². The molecule has 7 heteroatoms. The van der Waals surface area contributed by atoms with E-state index in [1.54, 1.807) is 26.0 Å². The Morgan fingerprint density at radius 3 is 2.21 bits per heavy atom. The molecule has 19 heavy (non-hydrogen) atoms. The Kier molecular flexibility index (Phi) is 3.32. The lowest BCUT2D eigenvalue weighted by atomic mass is 10.1. The number of aromatic nitrogens is 3. The monoisotopic (exact) mass is 271 g/mol. The molecule has 0 unspecified atom stereocenters. The van der Waals surface area contributed by atoms with Gasteiger partial charge in [0.2, 0.25) is 0 Å². The summed E-state index contributed by atoms with van der Waals surface area (Å²) in [5.41, 5.74) is 0.400. The van der Waals surface area contributed by atoms with Crippen LogP contribution >= 0.6 is 0 Å². The van der Waals surface area contributed by atoms with Crippen molar-refractivity contribution in [3.8, 4) is 5.69 Å². The maximum absolute atomic E-state index is 13.0. The fourth-order valence-electron chi connectivity index (χ4n) is 1.96. The van der Waals surface area contributed by atoms with Crippen LogP contribution in [0.3, 0.4) is 0 Å². The van der Waals surface area contributed by atoms with E-state index in [1.165, 1.54) is 0 Å². The highest BCUT2D eigenvalue weighted by Crippen LogP contribution is 2.32. The summed E-state index contributed by atoms with van der Waals surface area (Å²) in [5, 5.41) is 15.8. The van der Waals surface area contributed by atoms with E-state index >= 15 is 0 Å². The van der Waals surface area contributed by atoms with Gasteiger partial charge in [0.15, 0.2) is 5.69 Å². The lowest BCUT2D eigenvalue weighted by Gasteiger charge is -2.11. The summed E-state index contributed by atoms with van der Waals surface area (Å²) >= 11 is 0. The molecule has 0 aliphatic carbocycles. The summed E-state index contributed by atoms with van der Waals surface area (Å²) in [6.45, 7) is 2.76. The number of alkyl halides is 3. The molecule has 2 rings (SSSR count). The fraction of sp³-hybridized carbons (Fsp3) is 0.333. The molecule has 0 spiro atoms. The molecular weight excluding hydrogens is 259 g/mol. The summed E-state index contributed by atoms with van der Waals surface area (Å²) in [5.74, 6) is 0. The Balaban J connectivity index is 2.66. The molecule has 0 aliphatic heterocycles. The van der Waals surface area contributed by atoms with Crippen molar-refractivity contribution in [3.63, 3.8) is 0 Å². The third-order valence-corrected chi connectivity index (χ3v) is 2.61. The van der Waals surface area contributed by atoms with Gasteiger partial charge in [0.25, 0.3) is 0 Å². The first kappa shape index (κ1) is 13.5. The van der Waals surface area contributed by atoms with Gasteiger partial charge in [-0.05, 0) is 37.1 Å². The quantitative estimate of drug-likeness (QED) is 0.912. The number of rotatable bonds is 2. The molecule has 1 aromatic carbocycles. The molecule has 0 radical (unpaired) electrons. The van der Waals surface area contributed by atoms with Crippen molar-refractivity contribution < 1.29 is 18.3 Å². The maximum atomic E-state index is 13.0. The van der Waals surface area contributed by atoms with Crippen molar-refractivity contribution >= 4 is 0 Å². The number of hydrogen-bond acceptors (Lipinski definition) is 3. The predicted octanol–water partition coefficient (Wildman–Crippen LogP) is 2.40. The molecule has 102 valence electrons. The molecule has 0 bridgehead atoms. The average Bonchev–Trinajstić information content (AvgIpc) is 2.70. The Bertz CT molecular complexity index is 585. The van der Waals surface area contributed by atoms with Crippen LogP contribution in [0.15, 0.2) is 18.2 Å². The molecule has 4 nitrogen and oxygen atoms in total. The Morgan fingerprint density at radius 2 is 1.74 bits per heavy atom. The minimum absolute atomic E-state index is 0.275. The van der Waals surface area contributed by atoms with Crippen LogP contribution in [0, 0.1) is 13.8 Å². The topological polar surface area (TPSA) is 50.9 Å². The van der Waals surface area contributed by atoms with Gasteiger partial charge in [-0.25, -0.2) is 4.68 Å². The van der Waals surface area contributed by atoms with Gasteiger partial charge in [0.05, 0.1) is 12.3 Å². The van der Waals surface area contributed by atoms with E-state index in [2.05, 4.69) is 10.3 Å². The second kappa shape index (κ2) is 4.65. The van der Waals surface area contributed by atoms with Crippen LogP contribution in [0.25, 0.3) is 5.69 Å². The van der Waals surface area contributed by atoms with Gasteiger partial charge in [-0.3, -0.25) is 0 Å². The zero-order valence-electron chi connectivity index (χ0n) is 10.4. The van der Waals surface area contributed by atoms with E-state index in [9.17, 15) is 13.2 Å². The molecule has 0 amide bonds. The van der Waals surface area contributed by atoms with Crippen molar-refractivity contribution in [3.05, 3.63) is 40.7 Å². The summed E-state index contributed by atoms with van der Waals surface area (Å²) in [6.07, 6.45) is -4.63. The van der Waals surface area contributed by atoms with Crippen molar-refractivity contribution in [1.29, 1.82) is 0 Å². The van der Waals surface area contributed by atoms with E-state index in [0.29, 0.717) is 4.68 Å². The minimum atomic E-state index is -4.63. The van der Waals surface area contributed by atoms with Gasteiger partial charge in [-0.2, -0.15) is 13.2 Å². The number of halogens is 3. The van der Waals surface area contributed by atoms with Crippen LogP contribution in [0.4, 0.5) is 13.2 Å². The molecule has 0 aliphatic rings. The Morgan fingerprint density at radius 1 is 1.16 bits per heavy atom. The Hall–Kier alpha value is -1.89. The van der Waals surface area contributed by atoms with E-state index in [0.717, 1.165) is 11.1 Å². The van der Waals surface area contributed by atoms with Gasteiger partial charge >= 0.3 is 6.18 Å². The second-order valence-electron chi connectivity index (χ2n) is 4.30. The molecule has 2 aromatic rings. The van der Waals surface area contributed by atoms with Crippen LogP contribution < -0.4 is 0 Å². The molecule has 0 saturated heterocycles. The average molecular weight is 271 g/mol. The summed E-state index contributed by atoms with van der Waals surface area (Å²) < 4.78 is 39.7. The van der Waals surface area contributed by atoms with Crippen LogP contribution in [0.5, 0.6) is 0 Å². The third kappa shape index (κ3) is 2.60. The highest BCUT2D eigenvalue weighted by molar-refractivity contribution is 5.40. The number of hydrogen-bond donors (Lipinski definition) is 1. The van der Waals surface area contributed by atoms with Crippen molar-refractivity contribution in [2.45, 2.75) is 26.6 Å². The molecular formula is C12H12F3N3O. The summed E-state index contributed by atoms with van der Waals surface area (Å²) in [4.78, 5) is 0. The van der Waals surface area contributed by atoms with E-state index in [4.69, 9.17) is 5.11 Å². The lowest BCUT2D eigenvalue weighted by molar-refractivity contribution is -0.143. The van der Waals surface area contributed by atoms with Crippen molar-refractivity contribution in [2.24, 2.45) is 0 Å². The highest BCUT2D eigenvalue weighted by Gasteiger charge is 2.39. The van der Waals surface area contributed by atoms with E-state index in [1.807, 2.05) is 6.07 Å². The van der Waals surface area contributed by atoms with Crippen LogP contribution in [-0.4, -0.2) is 20.1 Å². The number of aliphatic hydroxyl groups is 1. The zero-order chi connectivity index (χ0) is 14.2. The smallest absolute Gasteiger partial charge is 0.390 e. The molecule has 1 N–H and O–H groups in total. The van der Waals surface area contributed by atoms with Gasteiger partial charge in [0.1, 0.15) is 5.69 Å². The van der Waals surface area contributed by atoms with Gasteiger partial charge in [-0.15, -0.1) is 5.10 Å². The maximum Gasteiger partial charge on any atom is 0.435 e. The predicted molar refractivity (Wildman–Crippen MR) is 61.8 cm³/mol. The van der Waals surface area contributed by atoms with Crippen LogP contribution in [0.2, 0.25) is 0 Å². The van der Waals surface area contributed by atoms with E-state index in [-0.39, 0.29) is 5.69 Å². The Labute approximate surface area is 107 Å². The van der Waals surface area contributed by atoms with Gasteiger partial charge in [-0.1, -0.05) is 11.3 Å². The molecule has 0 fully saturated rings.